The average Bonchev–Trinajstić information content (AvgIpc) is 2.75. The van der Waals surface area contributed by atoms with E-state index in [0.717, 1.165) is 16.4 Å². The van der Waals surface area contributed by atoms with Gasteiger partial charge in [0.15, 0.2) is 0 Å². The lowest BCUT2D eigenvalue weighted by atomic mass is 9.99. The predicted octanol–water partition coefficient (Wildman–Crippen LogP) is 1.59. The third kappa shape index (κ3) is 4.88. The summed E-state index contributed by atoms with van der Waals surface area (Å²) >= 11 is 0. The van der Waals surface area contributed by atoms with Crippen molar-refractivity contribution in [3.05, 3.63) is 56.8 Å². The molecule has 0 radical (unpaired) electrons. The van der Waals surface area contributed by atoms with Crippen molar-refractivity contribution in [3.63, 3.8) is 0 Å². The molecule has 2 N–H and O–H groups in total. The number of ether oxygens (including phenoxy) is 1. The number of pyridine rings is 1. The molecule has 0 saturated carbocycles. The van der Waals surface area contributed by atoms with E-state index in [4.69, 9.17) is 10.00 Å². The molecule has 1 aromatic heterocycles. The molecule has 0 bridgehead atoms. The molecule has 32 heavy (non-hydrogen) atoms. The highest BCUT2D eigenvalue weighted by molar-refractivity contribution is 7.89. The first-order valence-corrected chi connectivity index (χ1v) is 11.4. The van der Waals surface area contributed by atoms with Gasteiger partial charge in [-0.2, -0.15) is 9.57 Å². The number of H-pyrrole nitrogens is 1. The van der Waals surface area contributed by atoms with Gasteiger partial charge in [-0.15, -0.1) is 0 Å². The zero-order valence-electron chi connectivity index (χ0n) is 17.7. The fourth-order valence-corrected chi connectivity index (χ4v) is 5.09. The molecule has 2 heterocycles. The molecule has 11 heteroatoms. The van der Waals surface area contributed by atoms with Crippen molar-refractivity contribution in [2.24, 2.45) is 0 Å². The van der Waals surface area contributed by atoms with Crippen LogP contribution in [-0.2, 0) is 26.0 Å². The van der Waals surface area contributed by atoms with Crippen LogP contribution in [0, 0.1) is 31.0 Å². The molecule has 1 aliphatic heterocycles. The van der Waals surface area contributed by atoms with Crippen molar-refractivity contribution < 1.29 is 22.3 Å². The number of amides is 1. The van der Waals surface area contributed by atoms with E-state index in [9.17, 15) is 22.4 Å². The van der Waals surface area contributed by atoms with Crippen LogP contribution >= 0.6 is 0 Å². The maximum Gasteiger partial charge on any atom is 0.266 e. The standard InChI is InChI=1S/C21H23FN4O5S/c1-13-16(14(2)24-21(28)17(13)12-23)4-6-20(27)25-15-3-5-18(22)19(11-15)32(29,30)26-7-9-31-10-8-26/h3,5,11H,4,6-10H2,1-2H3,(H,24,28)(H,25,27). The molecule has 0 spiro atoms. The fourth-order valence-electron chi connectivity index (χ4n) is 3.59. The van der Waals surface area contributed by atoms with Crippen molar-refractivity contribution in [2.75, 3.05) is 31.6 Å². The fraction of sp³-hybridized carbons (Fsp3) is 0.381. The molecule has 0 unspecified atom stereocenters. The van der Waals surface area contributed by atoms with Crippen LogP contribution in [-0.4, -0.2) is 49.9 Å². The van der Waals surface area contributed by atoms with Crippen LogP contribution in [0.15, 0.2) is 27.9 Å². The van der Waals surface area contributed by atoms with Gasteiger partial charge in [0.25, 0.3) is 5.56 Å². The molecule has 1 aromatic carbocycles. The Hall–Kier alpha value is -3.07. The quantitative estimate of drug-likeness (QED) is 0.670. The average molecular weight is 463 g/mol. The van der Waals surface area contributed by atoms with Crippen LogP contribution in [0.1, 0.15) is 28.8 Å². The van der Waals surface area contributed by atoms with Crippen molar-refractivity contribution in [1.82, 2.24) is 9.29 Å². The van der Waals surface area contributed by atoms with Gasteiger partial charge < -0.3 is 15.0 Å². The van der Waals surface area contributed by atoms with Crippen molar-refractivity contribution in [3.8, 4) is 6.07 Å². The molecule has 0 atom stereocenters. The van der Waals surface area contributed by atoms with E-state index in [-0.39, 0.29) is 50.4 Å². The molecule has 1 aliphatic rings. The summed E-state index contributed by atoms with van der Waals surface area (Å²) in [5, 5.41) is 11.7. The smallest absolute Gasteiger partial charge is 0.266 e. The zero-order chi connectivity index (χ0) is 23.5. The Kier molecular flexibility index (Phi) is 7.08. The van der Waals surface area contributed by atoms with E-state index < -0.39 is 32.2 Å². The van der Waals surface area contributed by atoms with Crippen molar-refractivity contribution >= 4 is 21.6 Å². The Morgan fingerprint density at radius 3 is 2.66 bits per heavy atom. The SMILES string of the molecule is Cc1[nH]c(=O)c(C#N)c(C)c1CCC(=O)Nc1ccc(F)c(S(=O)(=O)N2CCOCC2)c1. The number of morpholine rings is 1. The Balaban J connectivity index is 1.75. The summed E-state index contributed by atoms with van der Waals surface area (Å²) in [5.41, 5.74) is 1.45. The van der Waals surface area contributed by atoms with Crippen LogP contribution in [0.2, 0.25) is 0 Å². The molecule has 1 saturated heterocycles. The van der Waals surface area contributed by atoms with E-state index >= 15 is 0 Å². The summed E-state index contributed by atoms with van der Waals surface area (Å²) in [4.78, 5) is 26.4. The Morgan fingerprint density at radius 2 is 2.00 bits per heavy atom. The Morgan fingerprint density at radius 1 is 1.31 bits per heavy atom. The summed E-state index contributed by atoms with van der Waals surface area (Å²) in [6.07, 6.45) is 0.274. The van der Waals surface area contributed by atoms with Crippen LogP contribution in [0.3, 0.4) is 0 Å². The third-order valence-corrected chi connectivity index (χ3v) is 7.24. The van der Waals surface area contributed by atoms with Gasteiger partial charge in [-0.05, 0) is 49.6 Å². The first kappa shape index (κ1) is 23.6. The number of aromatic amines is 1. The minimum atomic E-state index is -4.07. The predicted molar refractivity (Wildman–Crippen MR) is 114 cm³/mol. The first-order chi connectivity index (χ1) is 15.1. The molecule has 9 nitrogen and oxygen atoms in total. The summed E-state index contributed by atoms with van der Waals surface area (Å²) in [5.74, 6) is -1.33. The number of aromatic nitrogens is 1. The van der Waals surface area contributed by atoms with Crippen LogP contribution in [0.25, 0.3) is 0 Å². The number of aryl methyl sites for hydroxylation is 1. The van der Waals surface area contributed by atoms with E-state index in [1.165, 1.54) is 6.07 Å². The second kappa shape index (κ2) is 9.60. The molecule has 0 aliphatic carbocycles. The first-order valence-electron chi connectivity index (χ1n) is 9.95. The molecule has 1 fully saturated rings. The molecular formula is C21H23FN4O5S. The summed E-state index contributed by atoms with van der Waals surface area (Å²) < 4.78 is 46.2. The molecular weight excluding hydrogens is 439 g/mol. The van der Waals surface area contributed by atoms with Gasteiger partial charge in [0, 0.05) is 30.9 Å². The molecule has 2 aromatic rings. The highest BCUT2D eigenvalue weighted by atomic mass is 32.2. The van der Waals surface area contributed by atoms with Gasteiger partial charge in [0.1, 0.15) is 22.3 Å². The van der Waals surface area contributed by atoms with E-state index in [1.807, 2.05) is 6.07 Å². The minimum absolute atomic E-state index is 0.00232. The van der Waals surface area contributed by atoms with Gasteiger partial charge in [-0.1, -0.05) is 0 Å². The Labute approximate surface area is 184 Å². The number of nitrogens with zero attached hydrogens (tertiary/aromatic N) is 2. The number of nitrogens with one attached hydrogen (secondary N) is 2. The summed E-state index contributed by atoms with van der Waals surface area (Å²) in [6.45, 7) is 4.05. The molecule has 3 rings (SSSR count). The van der Waals surface area contributed by atoms with Gasteiger partial charge in [0.2, 0.25) is 15.9 Å². The largest absolute Gasteiger partial charge is 0.379 e. The van der Waals surface area contributed by atoms with Gasteiger partial charge in [0.05, 0.1) is 13.2 Å². The lowest BCUT2D eigenvalue weighted by Crippen LogP contribution is -2.40. The van der Waals surface area contributed by atoms with Crippen LogP contribution in [0.5, 0.6) is 0 Å². The number of anilines is 1. The number of hydrogen-bond donors (Lipinski definition) is 2. The lowest BCUT2D eigenvalue weighted by molar-refractivity contribution is -0.116. The molecule has 170 valence electrons. The highest BCUT2D eigenvalue weighted by Crippen LogP contribution is 2.24. The van der Waals surface area contributed by atoms with Gasteiger partial charge in [-0.3, -0.25) is 9.59 Å². The number of sulfonamides is 1. The topological polar surface area (TPSA) is 132 Å². The highest BCUT2D eigenvalue weighted by Gasteiger charge is 2.29. The maximum absolute atomic E-state index is 14.3. The van der Waals surface area contributed by atoms with Gasteiger partial charge >= 0.3 is 0 Å². The van der Waals surface area contributed by atoms with E-state index in [0.29, 0.717) is 16.8 Å². The van der Waals surface area contributed by atoms with Crippen LogP contribution in [0.4, 0.5) is 10.1 Å². The molecule has 1 amide bonds. The number of benzene rings is 1. The zero-order valence-corrected chi connectivity index (χ0v) is 18.5. The van der Waals surface area contributed by atoms with Crippen LogP contribution < -0.4 is 10.9 Å². The maximum atomic E-state index is 14.3. The third-order valence-electron chi connectivity index (χ3n) is 5.33. The number of rotatable bonds is 6. The number of nitriles is 1. The van der Waals surface area contributed by atoms with E-state index in [2.05, 4.69) is 10.3 Å². The summed E-state index contributed by atoms with van der Waals surface area (Å²) in [6, 6.07) is 5.25. The second-order valence-corrected chi connectivity index (χ2v) is 9.29. The number of halogens is 1. The number of carbonyl (C=O) groups is 1. The van der Waals surface area contributed by atoms with Crippen molar-refractivity contribution in [1.29, 1.82) is 5.26 Å². The lowest BCUT2D eigenvalue weighted by Gasteiger charge is -2.26. The minimum Gasteiger partial charge on any atom is -0.379 e. The Bertz CT molecular complexity index is 1240. The summed E-state index contributed by atoms with van der Waals surface area (Å²) in [7, 11) is -4.07. The number of hydrogen-bond acceptors (Lipinski definition) is 6. The van der Waals surface area contributed by atoms with Gasteiger partial charge in [-0.25, -0.2) is 12.8 Å². The normalized spacial score (nSPS) is 14.7. The number of carbonyl (C=O) groups excluding carboxylic acids is 1. The second-order valence-electron chi connectivity index (χ2n) is 7.38. The van der Waals surface area contributed by atoms with E-state index in [1.54, 1.807) is 13.8 Å². The van der Waals surface area contributed by atoms with Crippen molar-refractivity contribution in [2.45, 2.75) is 31.6 Å². The monoisotopic (exact) mass is 462 g/mol.